The Morgan fingerprint density at radius 3 is 2.67 bits per heavy atom. The van der Waals surface area contributed by atoms with Crippen LogP contribution in [0.4, 0.5) is 5.69 Å². The van der Waals surface area contributed by atoms with Gasteiger partial charge in [0.15, 0.2) is 0 Å². The summed E-state index contributed by atoms with van der Waals surface area (Å²) in [5.41, 5.74) is 1.11. The van der Waals surface area contributed by atoms with Gasteiger partial charge in [-0.2, -0.15) is 5.10 Å². The van der Waals surface area contributed by atoms with E-state index < -0.39 is 10.0 Å². The Morgan fingerprint density at radius 2 is 2.11 bits per heavy atom. The molecule has 2 aromatic heterocycles. The van der Waals surface area contributed by atoms with Crippen molar-refractivity contribution in [2.75, 3.05) is 4.72 Å². The molecule has 0 aromatic carbocycles. The van der Waals surface area contributed by atoms with Crippen LogP contribution < -0.4 is 4.72 Å². The summed E-state index contributed by atoms with van der Waals surface area (Å²) in [6.45, 7) is 3.25. The molecular formula is C10H11ClN4O2S. The predicted molar refractivity (Wildman–Crippen MR) is 68.1 cm³/mol. The lowest BCUT2D eigenvalue weighted by atomic mass is 10.4. The molecule has 0 fully saturated rings. The smallest absolute Gasteiger partial charge is 0.265 e. The molecule has 0 atom stereocenters. The van der Waals surface area contributed by atoms with Gasteiger partial charge in [0, 0.05) is 6.20 Å². The van der Waals surface area contributed by atoms with Crippen LogP contribution in [0.15, 0.2) is 23.4 Å². The second kappa shape index (κ2) is 4.58. The number of rotatable bonds is 3. The quantitative estimate of drug-likeness (QED) is 0.902. The first-order chi connectivity index (χ1) is 8.42. The van der Waals surface area contributed by atoms with E-state index in [2.05, 4.69) is 19.9 Å². The Labute approximate surface area is 109 Å². The van der Waals surface area contributed by atoms with Gasteiger partial charge in [0.05, 0.1) is 28.3 Å². The lowest BCUT2D eigenvalue weighted by Crippen LogP contribution is -2.15. The number of aromatic amines is 1. The highest BCUT2D eigenvalue weighted by molar-refractivity contribution is 7.92. The fraction of sp³-hybridized carbons (Fsp3) is 0.200. The summed E-state index contributed by atoms with van der Waals surface area (Å²) in [5, 5.41) is 6.76. The Hall–Kier alpha value is -1.60. The number of aromatic nitrogens is 3. The number of hydrogen-bond acceptors (Lipinski definition) is 4. The molecule has 0 saturated carbocycles. The summed E-state index contributed by atoms with van der Waals surface area (Å²) < 4.78 is 26.8. The number of sulfonamides is 1. The number of halogens is 1. The van der Waals surface area contributed by atoms with Crippen molar-refractivity contribution in [1.29, 1.82) is 0 Å². The molecule has 0 aliphatic carbocycles. The van der Waals surface area contributed by atoms with Crippen LogP contribution in [0.5, 0.6) is 0 Å². The van der Waals surface area contributed by atoms with Gasteiger partial charge in [-0.25, -0.2) is 8.42 Å². The van der Waals surface area contributed by atoms with Gasteiger partial charge in [-0.05, 0) is 19.9 Å². The van der Waals surface area contributed by atoms with Crippen LogP contribution >= 0.6 is 11.6 Å². The lowest BCUT2D eigenvalue weighted by molar-refractivity contribution is 0.600. The second-order valence-corrected chi connectivity index (χ2v) is 5.75. The van der Waals surface area contributed by atoms with Gasteiger partial charge in [0.2, 0.25) is 0 Å². The molecule has 8 heteroatoms. The standard InChI is InChI=1S/C10H11ClN4O2S/c1-6-10(7(2)14-13-6)18(16,17)15-9-5-12-4-3-8(9)11/h3-5,15H,1-2H3,(H,13,14). The van der Waals surface area contributed by atoms with Crippen LogP contribution in [-0.4, -0.2) is 23.6 Å². The number of pyridine rings is 1. The Balaban J connectivity index is 2.43. The highest BCUT2D eigenvalue weighted by atomic mass is 35.5. The molecule has 2 aromatic rings. The van der Waals surface area contributed by atoms with Crippen LogP contribution in [0, 0.1) is 13.8 Å². The highest BCUT2D eigenvalue weighted by Gasteiger charge is 2.23. The van der Waals surface area contributed by atoms with Crippen molar-refractivity contribution in [2.24, 2.45) is 0 Å². The van der Waals surface area contributed by atoms with E-state index >= 15 is 0 Å². The summed E-state index contributed by atoms with van der Waals surface area (Å²) in [6, 6.07) is 1.51. The molecule has 0 amide bonds. The van der Waals surface area contributed by atoms with Gasteiger partial charge >= 0.3 is 0 Å². The van der Waals surface area contributed by atoms with Crippen LogP contribution in [0.1, 0.15) is 11.4 Å². The maximum atomic E-state index is 12.2. The SMILES string of the molecule is Cc1n[nH]c(C)c1S(=O)(=O)Nc1cnccc1Cl. The van der Waals surface area contributed by atoms with Crippen molar-refractivity contribution in [3.8, 4) is 0 Å². The molecule has 2 heterocycles. The van der Waals surface area contributed by atoms with Crippen molar-refractivity contribution >= 4 is 27.3 Å². The monoisotopic (exact) mass is 286 g/mol. The molecule has 0 radical (unpaired) electrons. The van der Waals surface area contributed by atoms with E-state index in [4.69, 9.17) is 11.6 Å². The number of anilines is 1. The molecule has 18 heavy (non-hydrogen) atoms. The van der Waals surface area contributed by atoms with E-state index in [1.54, 1.807) is 13.8 Å². The van der Waals surface area contributed by atoms with Crippen molar-refractivity contribution in [3.63, 3.8) is 0 Å². The number of aryl methyl sites for hydroxylation is 2. The molecular weight excluding hydrogens is 276 g/mol. The van der Waals surface area contributed by atoms with E-state index in [0.29, 0.717) is 11.4 Å². The summed E-state index contributed by atoms with van der Waals surface area (Å²) in [6.07, 6.45) is 2.83. The maximum absolute atomic E-state index is 12.2. The molecule has 0 bridgehead atoms. The molecule has 0 aliphatic rings. The van der Waals surface area contributed by atoms with Crippen molar-refractivity contribution in [2.45, 2.75) is 18.7 Å². The summed E-state index contributed by atoms with van der Waals surface area (Å²) in [5.74, 6) is 0. The minimum Gasteiger partial charge on any atom is -0.281 e. The molecule has 0 aliphatic heterocycles. The molecule has 2 rings (SSSR count). The largest absolute Gasteiger partial charge is 0.281 e. The molecule has 2 N–H and O–H groups in total. The van der Waals surface area contributed by atoms with Gasteiger partial charge in [-0.15, -0.1) is 0 Å². The Morgan fingerprint density at radius 1 is 1.39 bits per heavy atom. The minimum atomic E-state index is -3.72. The third-order valence-electron chi connectivity index (χ3n) is 2.34. The van der Waals surface area contributed by atoms with Crippen molar-refractivity contribution < 1.29 is 8.42 Å². The average Bonchev–Trinajstić information content (AvgIpc) is 2.62. The molecule has 0 saturated heterocycles. The van der Waals surface area contributed by atoms with Crippen LogP contribution in [0.2, 0.25) is 5.02 Å². The first-order valence-corrected chi connectivity index (χ1v) is 6.92. The summed E-state index contributed by atoms with van der Waals surface area (Å²) in [4.78, 5) is 3.95. The zero-order valence-corrected chi connectivity index (χ0v) is 11.3. The van der Waals surface area contributed by atoms with Gasteiger partial charge in [0.1, 0.15) is 4.90 Å². The number of hydrogen-bond donors (Lipinski definition) is 2. The van der Waals surface area contributed by atoms with Crippen molar-refractivity contribution in [1.82, 2.24) is 15.2 Å². The topological polar surface area (TPSA) is 87.7 Å². The molecule has 0 unspecified atom stereocenters. The number of nitrogens with one attached hydrogen (secondary N) is 2. The van der Waals surface area contributed by atoms with Crippen LogP contribution in [-0.2, 0) is 10.0 Å². The maximum Gasteiger partial charge on any atom is 0.265 e. The summed E-state index contributed by atoms with van der Waals surface area (Å²) in [7, 11) is -3.72. The molecule has 0 spiro atoms. The summed E-state index contributed by atoms with van der Waals surface area (Å²) >= 11 is 5.88. The molecule has 6 nitrogen and oxygen atoms in total. The number of nitrogens with zero attached hydrogens (tertiary/aromatic N) is 2. The van der Waals surface area contributed by atoms with Gasteiger partial charge < -0.3 is 0 Å². The second-order valence-electron chi connectivity index (χ2n) is 3.72. The van der Waals surface area contributed by atoms with Crippen LogP contribution in [0.25, 0.3) is 0 Å². The van der Waals surface area contributed by atoms with Crippen LogP contribution in [0.3, 0.4) is 0 Å². The fourth-order valence-electron chi connectivity index (χ4n) is 1.58. The number of H-pyrrole nitrogens is 1. The van der Waals surface area contributed by atoms with Gasteiger partial charge in [-0.1, -0.05) is 11.6 Å². The molecule has 96 valence electrons. The van der Waals surface area contributed by atoms with E-state index in [1.165, 1.54) is 18.5 Å². The van der Waals surface area contributed by atoms with Gasteiger partial charge in [-0.3, -0.25) is 14.8 Å². The van der Waals surface area contributed by atoms with E-state index in [0.717, 1.165) is 0 Å². The van der Waals surface area contributed by atoms with Gasteiger partial charge in [0.25, 0.3) is 10.0 Å². The lowest BCUT2D eigenvalue weighted by Gasteiger charge is -2.08. The average molecular weight is 287 g/mol. The Kier molecular flexibility index (Phi) is 3.27. The third kappa shape index (κ3) is 2.32. The fourth-order valence-corrected chi connectivity index (χ4v) is 3.23. The van der Waals surface area contributed by atoms with E-state index in [9.17, 15) is 8.42 Å². The van der Waals surface area contributed by atoms with Crippen molar-refractivity contribution in [3.05, 3.63) is 34.9 Å². The normalized spacial score (nSPS) is 11.5. The minimum absolute atomic E-state index is 0.127. The predicted octanol–water partition coefficient (Wildman–Crippen LogP) is 1.88. The zero-order chi connectivity index (χ0) is 13.3. The highest BCUT2D eigenvalue weighted by Crippen LogP contribution is 2.25. The van der Waals surface area contributed by atoms with E-state index in [-0.39, 0.29) is 15.6 Å². The third-order valence-corrected chi connectivity index (χ3v) is 4.30. The first-order valence-electron chi connectivity index (χ1n) is 5.05. The Bertz CT molecular complexity index is 661. The van der Waals surface area contributed by atoms with E-state index in [1.807, 2.05) is 0 Å². The zero-order valence-electron chi connectivity index (χ0n) is 9.73. The first kappa shape index (κ1) is 12.8.